The van der Waals surface area contributed by atoms with Gasteiger partial charge in [0.2, 0.25) is 0 Å². The van der Waals surface area contributed by atoms with Crippen LogP contribution in [-0.2, 0) is 12.3 Å². The van der Waals surface area contributed by atoms with Gasteiger partial charge in [0.05, 0.1) is 5.69 Å². The minimum Gasteiger partial charge on any atom is -0.307 e. The summed E-state index contributed by atoms with van der Waals surface area (Å²) in [6.45, 7) is 6.56. The van der Waals surface area contributed by atoms with Crippen LogP contribution in [-0.4, -0.2) is 24.1 Å². The van der Waals surface area contributed by atoms with E-state index in [1.165, 1.54) is 0 Å². The number of hydrogen-bond acceptors (Lipinski definition) is 4. The molecule has 0 aliphatic rings. The lowest BCUT2D eigenvalue weighted by Crippen LogP contribution is -2.00. The average molecular weight is 396 g/mol. The number of thioether (sulfide) groups is 1. The third-order valence-corrected chi connectivity index (χ3v) is 5.46. The van der Waals surface area contributed by atoms with Crippen LogP contribution >= 0.6 is 23.4 Å². The number of aryl methyl sites for hydroxylation is 1. The second-order valence-electron chi connectivity index (χ2n) is 6.16. The highest BCUT2D eigenvalue weighted by molar-refractivity contribution is 7.98. The summed E-state index contributed by atoms with van der Waals surface area (Å²) in [5.41, 5.74) is 4.13. The van der Waals surface area contributed by atoms with Gasteiger partial charge in [0.25, 0.3) is 0 Å². The maximum atomic E-state index is 6.00. The number of benzene rings is 1. The highest BCUT2D eigenvalue weighted by atomic mass is 35.5. The van der Waals surface area contributed by atoms with Crippen LogP contribution in [0.15, 0.2) is 66.6 Å². The Morgan fingerprint density at radius 2 is 2.00 bits per heavy atom. The second-order valence-corrected chi connectivity index (χ2v) is 7.53. The Kier molecular flexibility index (Phi) is 5.01. The highest BCUT2D eigenvalue weighted by Crippen LogP contribution is 2.27. The van der Waals surface area contributed by atoms with E-state index in [9.17, 15) is 0 Å². The number of rotatable bonds is 6. The predicted molar refractivity (Wildman–Crippen MR) is 110 cm³/mol. The van der Waals surface area contributed by atoms with E-state index < -0.39 is 0 Å². The fourth-order valence-electron chi connectivity index (χ4n) is 2.91. The van der Waals surface area contributed by atoms with Gasteiger partial charge in [-0.25, -0.2) is 4.98 Å². The molecule has 1 aromatic carbocycles. The molecular weight excluding hydrogens is 378 g/mol. The fraction of sp³-hybridized carbons (Fsp3) is 0.150. The van der Waals surface area contributed by atoms with Crippen LogP contribution in [0.5, 0.6) is 0 Å². The first-order valence-corrected chi connectivity index (χ1v) is 9.88. The summed E-state index contributed by atoms with van der Waals surface area (Å²) in [5, 5.41) is 10.3. The van der Waals surface area contributed by atoms with Crippen LogP contribution < -0.4 is 0 Å². The van der Waals surface area contributed by atoms with Crippen LogP contribution in [0.3, 0.4) is 0 Å². The van der Waals surface area contributed by atoms with Gasteiger partial charge in [-0.05, 0) is 42.8 Å². The smallest absolute Gasteiger partial charge is 0.192 e. The molecule has 0 aliphatic heterocycles. The number of nitrogens with zero attached hydrogens (tertiary/aromatic N) is 5. The number of allylic oxidation sites excluding steroid dienone is 1. The number of fused-ring (bicyclic) bond motifs is 1. The van der Waals surface area contributed by atoms with Crippen LogP contribution in [0.2, 0.25) is 5.02 Å². The Balaban J connectivity index is 1.60. The molecule has 3 heterocycles. The Bertz CT molecular complexity index is 1100. The molecule has 0 N–H and O–H groups in total. The van der Waals surface area contributed by atoms with E-state index in [-0.39, 0.29) is 0 Å². The zero-order chi connectivity index (χ0) is 18.8. The molecule has 0 radical (unpaired) electrons. The van der Waals surface area contributed by atoms with E-state index in [1.54, 1.807) is 11.8 Å². The van der Waals surface area contributed by atoms with Crippen molar-refractivity contribution in [3.05, 3.63) is 77.7 Å². The summed E-state index contributed by atoms with van der Waals surface area (Å²) < 4.78 is 4.11. The molecule has 7 heteroatoms. The molecule has 4 rings (SSSR count). The van der Waals surface area contributed by atoms with E-state index >= 15 is 0 Å². The molecule has 136 valence electrons. The summed E-state index contributed by atoms with van der Waals surface area (Å²) in [7, 11) is 0. The number of pyridine rings is 1. The quantitative estimate of drug-likeness (QED) is 0.339. The first kappa shape index (κ1) is 17.8. The Morgan fingerprint density at radius 3 is 2.74 bits per heavy atom. The van der Waals surface area contributed by atoms with Gasteiger partial charge in [-0.2, -0.15) is 0 Å². The summed E-state index contributed by atoms with van der Waals surface area (Å²) in [6.07, 6.45) is 5.92. The molecule has 0 saturated carbocycles. The van der Waals surface area contributed by atoms with Gasteiger partial charge in [-0.1, -0.05) is 35.5 Å². The molecule has 4 aromatic rings. The largest absolute Gasteiger partial charge is 0.307 e. The van der Waals surface area contributed by atoms with Crippen molar-refractivity contribution in [1.82, 2.24) is 24.1 Å². The number of aromatic nitrogens is 5. The molecule has 27 heavy (non-hydrogen) atoms. The van der Waals surface area contributed by atoms with Gasteiger partial charge in [0.15, 0.2) is 11.0 Å². The molecular formula is C20H18ClN5S. The summed E-state index contributed by atoms with van der Waals surface area (Å²) >= 11 is 7.61. The van der Waals surface area contributed by atoms with E-state index in [2.05, 4.69) is 44.9 Å². The lowest BCUT2D eigenvalue weighted by atomic mass is 10.2. The van der Waals surface area contributed by atoms with Gasteiger partial charge in [-0.3, -0.25) is 4.57 Å². The molecule has 0 saturated heterocycles. The Hall–Kier alpha value is -2.57. The Labute approximate surface area is 166 Å². The Morgan fingerprint density at radius 1 is 1.19 bits per heavy atom. The number of hydrogen-bond donors (Lipinski definition) is 0. The van der Waals surface area contributed by atoms with Gasteiger partial charge >= 0.3 is 0 Å². The van der Waals surface area contributed by atoms with Crippen molar-refractivity contribution in [3.63, 3.8) is 0 Å². The zero-order valence-corrected chi connectivity index (χ0v) is 16.4. The third kappa shape index (κ3) is 3.63. The molecule has 0 bridgehead atoms. The summed E-state index contributed by atoms with van der Waals surface area (Å²) in [6, 6.07) is 11.7. The monoisotopic (exact) mass is 395 g/mol. The zero-order valence-electron chi connectivity index (χ0n) is 14.8. The first-order chi connectivity index (χ1) is 13.2. The predicted octanol–water partition coefficient (Wildman–Crippen LogP) is 5.03. The van der Waals surface area contributed by atoms with Crippen molar-refractivity contribution >= 4 is 29.0 Å². The lowest BCUT2D eigenvalue weighted by Gasteiger charge is -2.07. The van der Waals surface area contributed by atoms with Crippen molar-refractivity contribution in [1.29, 1.82) is 0 Å². The lowest BCUT2D eigenvalue weighted by molar-refractivity contribution is 0.731. The maximum absolute atomic E-state index is 6.00. The molecule has 0 atom stereocenters. The second kappa shape index (κ2) is 7.58. The van der Waals surface area contributed by atoms with E-state index in [1.807, 2.05) is 42.6 Å². The van der Waals surface area contributed by atoms with Crippen molar-refractivity contribution in [3.8, 4) is 11.4 Å². The van der Waals surface area contributed by atoms with Gasteiger partial charge in [0, 0.05) is 35.3 Å². The normalized spacial score (nSPS) is 11.2. The molecule has 0 unspecified atom stereocenters. The number of imidazole rings is 1. The first-order valence-electron chi connectivity index (χ1n) is 8.52. The van der Waals surface area contributed by atoms with Gasteiger partial charge in [0.1, 0.15) is 5.65 Å². The fourth-order valence-corrected chi connectivity index (χ4v) is 3.87. The van der Waals surface area contributed by atoms with Crippen molar-refractivity contribution < 1.29 is 0 Å². The van der Waals surface area contributed by atoms with Crippen LogP contribution in [0.4, 0.5) is 0 Å². The molecule has 0 aliphatic carbocycles. The minimum absolute atomic E-state index is 0.636. The van der Waals surface area contributed by atoms with Crippen LogP contribution in [0.1, 0.15) is 11.3 Å². The van der Waals surface area contributed by atoms with Crippen molar-refractivity contribution in [2.75, 3.05) is 0 Å². The minimum atomic E-state index is 0.636. The highest BCUT2D eigenvalue weighted by Gasteiger charge is 2.14. The molecule has 0 fully saturated rings. The average Bonchev–Trinajstić information content (AvgIpc) is 3.26. The molecule has 0 amide bonds. The van der Waals surface area contributed by atoms with Gasteiger partial charge < -0.3 is 4.40 Å². The van der Waals surface area contributed by atoms with Gasteiger partial charge in [-0.15, -0.1) is 16.8 Å². The summed E-state index contributed by atoms with van der Waals surface area (Å²) in [4.78, 5) is 4.73. The van der Waals surface area contributed by atoms with Crippen LogP contribution in [0, 0.1) is 6.92 Å². The SMILES string of the molecule is C=CCn1c(SCc2cn3cccc(C)c3n2)nnc1-c1ccc(Cl)cc1. The van der Waals surface area contributed by atoms with Crippen molar-refractivity contribution in [2.45, 2.75) is 24.4 Å². The van der Waals surface area contributed by atoms with E-state index in [4.69, 9.17) is 16.6 Å². The van der Waals surface area contributed by atoms with E-state index in [0.29, 0.717) is 11.6 Å². The van der Waals surface area contributed by atoms with E-state index in [0.717, 1.165) is 39.2 Å². The number of halogens is 1. The third-order valence-electron chi connectivity index (χ3n) is 4.21. The standard InChI is InChI=1S/C20H18ClN5S/c1-3-10-26-19(15-6-8-16(21)9-7-15)23-24-20(26)27-13-17-12-25-11-4-5-14(2)18(25)22-17/h3-9,11-12H,1,10,13H2,2H3. The topological polar surface area (TPSA) is 48.0 Å². The molecule has 0 spiro atoms. The molecule has 5 nitrogen and oxygen atoms in total. The van der Waals surface area contributed by atoms with Crippen LogP contribution in [0.25, 0.3) is 17.0 Å². The van der Waals surface area contributed by atoms with Crippen molar-refractivity contribution in [2.24, 2.45) is 0 Å². The summed E-state index contributed by atoms with van der Waals surface area (Å²) in [5.74, 6) is 1.52. The maximum Gasteiger partial charge on any atom is 0.192 e. The molecule has 3 aromatic heterocycles.